The van der Waals surface area contributed by atoms with Crippen LogP contribution in [0.2, 0.25) is 5.02 Å². The van der Waals surface area contributed by atoms with Crippen LogP contribution in [-0.4, -0.2) is 25.4 Å². The summed E-state index contributed by atoms with van der Waals surface area (Å²) in [6.07, 6.45) is 0. The number of benzene rings is 1. The largest absolute Gasteiger partial charge is 0.420 e. The molecule has 102 valence electrons. The molecule has 0 unspecified atom stereocenters. The molecule has 2 heterocycles. The van der Waals surface area contributed by atoms with Crippen molar-refractivity contribution in [3.63, 3.8) is 0 Å². The third-order valence-corrected chi connectivity index (χ3v) is 3.63. The first-order chi connectivity index (χ1) is 9.72. The van der Waals surface area contributed by atoms with Gasteiger partial charge in [0.05, 0.1) is 16.3 Å². The normalized spacial score (nSPS) is 10.9. The predicted octanol–water partition coefficient (Wildman–Crippen LogP) is 3.11. The highest BCUT2D eigenvalue weighted by molar-refractivity contribution is 7.98. The minimum atomic E-state index is 0.414. The number of aromatic amines is 1. The van der Waals surface area contributed by atoms with Crippen molar-refractivity contribution >= 4 is 23.4 Å². The van der Waals surface area contributed by atoms with Crippen LogP contribution in [0.5, 0.6) is 0 Å². The lowest BCUT2D eigenvalue weighted by molar-refractivity contribution is 0.528. The van der Waals surface area contributed by atoms with Crippen molar-refractivity contribution in [2.45, 2.75) is 17.8 Å². The standard InChI is InChI=1S/C12H10ClN5OS/c1-7-14-12(18-15-7)20-6-10-16-17-11(19-10)8-4-2-3-5-9(8)13/h2-5H,6H2,1H3,(H,14,15,18). The minimum Gasteiger partial charge on any atom is -0.420 e. The highest BCUT2D eigenvalue weighted by atomic mass is 35.5. The van der Waals surface area contributed by atoms with Gasteiger partial charge in [0.15, 0.2) is 0 Å². The van der Waals surface area contributed by atoms with E-state index < -0.39 is 0 Å². The highest BCUT2D eigenvalue weighted by Gasteiger charge is 2.12. The van der Waals surface area contributed by atoms with Gasteiger partial charge in [0.2, 0.25) is 16.9 Å². The van der Waals surface area contributed by atoms with E-state index in [-0.39, 0.29) is 0 Å². The van der Waals surface area contributed by atoms with E-state index in [1.165, 1.54) is 11.8 Å². The van der Waals surface area contributed by atoms with Crippen molar-refractivity contribution in [3.8, 4) is 11.5 Å². The summed E-state index contributed by atoms with van der Waals surface area (Å²) in [7, 11) is 0. The van der Waals surface area contributed by atoms with E-state index in [0.717, 1.165) is 11.4 Å². The number of nitrogens with zero attached hydrogens (tertiary/aromatic N) is 4. The first kappa shape index (κ1) is 13.1. The van der Waals surface area contributed by atoms with Gasteiger partial charge >= 0.3 is 0 Å². The van der Waals surface area contributed by atoms with Gasteiger partial charge in [-0.2, -0.15) is 0 Å². The highest BCUT2D eigenvalue weighted by Crippen LogP contribution is 2.27. The summed E-state index contributed by atoms with van der Waals surface area (Å²) < 4.78 is 5.59. The van der Waals surface area contributed by atoms with Crippen LogP contribution in [0.4, 0.5) is 0 Å². The molecule has 6 nitrogen and oxygen atoms in total. The molecule has 8 heteroatoms. The molecule has 0 radical (unpaired) electrons. The van der Waals surface area contributed by atoms with Crippen LogP contribution in [-0.2, 0) is 5.75 Å². The molecule has 0 fully saturated rings. The fraction of sp³-hybridized carbons (Fsp3) is 0.167. The first-order valence-electron chi connectivity index (χ1n) is 5.81. The number of thioether (sulfide) groups is 1. The van der Waals surface area contributed by atoms with E-state index in [4.69, 9.17) is 16.0 Å². The Morgan fingerprint density at radius 3 is 2.90 bits per heavy atom. The smallest absolute Gasteiger partial charge is 0.249 e. The Kier molecular flexibility index (Phi) is 3.70. The van der Waals surface area contributed by atoms with Crippen LogP contribution in [0.15, 0.2) is 33.8 Å². The molecule has 3 rings (SSSR count). The second-order valence-corrected chi connectivity index (χ2v) is 5.32. The molecule has 0 saturated heterocycles. The summed E-state index contributed by atoms with van der Waals surface area (Å²) in [6.45, 7) is 1.85. The fourth-order valence-corrected chi connectivity index (χ4v) is 2.47. The van der Waals surface area contributed by atoms with Gasteiger partial charge in [-0.15, -0.1) is 15.3 Å². The lowest BCUT2D eigenvalue weighted by Crippen LogP contribution is -1.82. The Morgan fingerprint density at radius 2 is 2.15 bits per heavy atom. The lowest BCUT2D eigenvalue weighted by atomic mass is 10.2. The number of nitrogens with one attached hydrogen (secondary N) is 1. The number of hydrogen-bond donors (Lipinski definition) is 1. The Morgan fingerprint density at radius 1 is 1.30 bits per heavy atom. The van der Waals surface area contributed by atoms with Crippen LogP contribution in [0.3, 0.4) is 0 Å². The SMILES string of the molecule is Cc1nc(SCc2nnc(-c3ccccc3Cl)o2)n[nH]1. The quantitative estimate of drug-likeness (QED) is 0.746. The van der Waals surface area contributed by atoms with E-state index in [2.05, 4.69) is 25.4 Å². The molecule has 0 bridgehead atoms. The first-order valence-corrected chi connectivity index (χ1v) is 7.18. The molecule has 0 aliphatic carbocycles. The summed E-state index contributed by atoms with van der Waals surface area (Å²) >= 11 is 7.51. The average molecular weight is 308 g/mol. The molecule has 0 spiro atoms. The van der Waals surface area contributed by atoms with Crippen molar-refractivity contribution in [1.29, 1.82) is 0 Å². The van der Waals surface area contributed by atoms with Gasteiger partial charge in [0, 0.05) is 0 Å². The Bertz CT molecular complexity index is 726. The summed E-state index contributed by atoms with van der Waals surface area (Å²) in [5.74, 6) is 2.20. The monoisotopic (exact) mass is 307 g/mol. The van der Waals surface area contributed by atoms with Gasteiger partial charge in [-0.25, -0.2) is 4.98 Å². The van der Waals surface area contributed by atoms with Gasteiger partial charge < -0.3 is 4.42 Å². The zero-order valence-corrected chi connectivity index (χ0v) is 12.1. The van der Waals surface area contributed by atoms with Gasteiger partial charge in [-0.05, 0) is 19.1 Å². The molecule has 1 aromatic carbocycles. The maximum absolute atomic E-state index is 6.09. The lowest BCUT2D eigenvalue weighted by Gasteiger charge is -1.96. The van der Waals surface area contributed by atoms with Gasteiger partial charge in [-0.3, -0.25) is 5.10 Å². The molecule has 20 heavy (non-hydrogen) atoms. The second kappa shape index (κ2) is 5.64. The molecule has 0 atom stereocenters. The molecule has 0 aliphatic rings. The van der Waals surface area contributed by atoms with Crippen LogP contribution in [0.25, 0.3) is 11.5 Å². The van der Waals surface area contributed by atoms with Crippen molar-refractivity contribution in [1.82, 2.24) is 25.4 Å². The molecule has 2 aromatic heterocycles. The van der Waals surface area contributed by atoms with Gasteiger partial charge in [0.25, 0.3) is 0 Å². The maximum atomic E-state index is 6.09. The number of rotatable bonds is 4. The number of H-pyrrole nitrogens is 1. The molecular formula is C12H10ClN5OS. The maximum Gasteiger partial charge on any atom is 0.249 e. The summed E-state index contributed by atoms with van der Waals surface area (Å²) in [5.41, 5.74) is 0.728. The van der Waals surface area contributed by atoms with Crippen molar-refractivity contribution in [2.24, 2.45) is 0 Å². The summed E-state index contributed by atoms with van der Waals surface area (Å²) in [4.78, 5) is 4.19. The van der Waals surface area contributed by atoms with E-state index >= 15 is 0 Å². The van der Waals surface area contributed by atoms with Gasteiger partial charge in [-0.1, -0.05) is 35.5 Å². The predicted molar refractivity (Wildman–Crippen MR) is 75.4 cm³/mol. The molecule has 1 N–H and O–H groups in total. The number of aryl methyl sites for hydroxylation is 1. The Hall–Kier alpha value is -1.86. The van der Waals surface area contributed by atoms with E-state index in [0.29, 0.717) is 27.7 Å². The second-order valence-electron chi connectivity index (χ2n) is 3.97. The Labute approximate surface area is 124 Å². The van der Waals surface area contributed by atoms with Crippen LogP contribution >= 0.6 is 23.4 Å². The van der Waals surface area contributed by atoms with Crippen molar-refractivity contribution < 1.29 is 4.42 Å². The summed E-state index contributed by atoms with van der Waals surface area (Å²) in [5, 5.41) is 16.0. The zero-order chi connectivity index (χ0) is 13.9. The Balaban J connectivity index is 1.72. The third-order valence-electron chi connectivity index (χ3n) is 2.47. The number of aromatic nitrogens is 5. The molecule has 0 saturated carbocycles. The van der Waals surface area contributed by atoms with E-state index in [9.17, 15) is 0 Å². The van der Waals surface area contributed by atoms with Crippen molar-refractivity contribution in [2.75, 3.05) is 0 Å². The number of hydrogen-bond acceptors (Lipinski definition) is 6. The molecule has 0 aliphatic heterocycles. The number of halogens is 1. The average Bonchev–Trinajstić information content (AvgIpc) is 3.06. The van der Waals surface area contributed by atoms with Crippen molar-refractivity contribution in [3.05, 3.63) is 41.0 Å². The molecular weight excluding hydrogens is 298 g/mol. The summed E-state index contributed by atoms with van der Waals surface area (Å²) in [6, 6.07) is 7.35. The van der Waals surface area contributed by atoms with Crippen LogP contribution in [0.1, 0.15) is 11.7 Å². The van der Waals surface area contributed by atoms with E-state index in [1.54, 1.807) is 6.07 Å². The van der Waals surface area contributed by atoms with Crippen LogP contribution in [0, 0.1) is 6.92 Å². The van der Waals surface area contributed by atoms with E-state index in [1.807, 2.05) is 25.1 Å². The fourth-order valence-electron chi connectivity index (χ4n) is 1.57. The third kappa shape index (κ3) is 2.83. The minimum absolute atomic E-state index is 0.414. The van der Waals surface area contributed by atoms with Crippen LogP contribution < -0.4 is 0 Å². The topological polar surface area (TPSA) is 80.5 Å². The zero-order valence-electron chi connectivity index (χ0n) is 10.5. The van der Waals surface area contributed by atoms with Gasteiger partial charge in [0.1, 0.15) is 5.82 Å². The molecule has 0 amide bonds. The molecule has 3 aromatic rings.